The lowest BCUT2D eigenvalue weighted by atomic mass is 9.95. The van der Waals surface area contributed by atoms with Crippen molar-refractivity contribution in [3.8, 4) is 0 Å². The lowest BCUT2D eigenvalue weighted by Gasteiger charge is -2.30. The van der Waals surface area contributed by atoms with Crippen LogP contribution in [0.5, 0.6) is 0 Å². The maximum absolute atomic E-state index is 13.5. The second-order valence-corrected chi connectivity index (χ2v) is 13.2. The summed E-state index contributed by atoms with van der Waals surface area (Å²) < 4.78 is 59.5. The first-order valence-corrected chi connectivity index (χ1v) is 15.4. The number of hydrogen-bond acceptors (Lipinski definition) is 4. The molecule has 0 saturated carbocycles. The minimum atomic E-state index is -4.07. The van der Waals surface area contributed by atoms with Gasteiger partial charge < -0.3 is 0 Å². The molecule has 0 aliphatic heterocycles. The molecule has 0 heterocycles. The molecule has 4 aromatic rings. The van der Waals surface area contributed by atoms with Crippen molar-refractivity contribution in [2.75, 3.05) is 0 Å². The summed E-state index contributed by atoms with van der Waals surface area (Å²) in [7, 11) is -8.13. The van der Waals surface area contributed by atoms with E-state index >= 15 is 0 Å². The minimum absolute atomic E-state index is 0.0540. The summed E-state index contributed by atoms with van der Waals surface area (Å²) in [5.74, 6) is 0. The van der Waals surface area contributed by atoms with Gasteiger partial charge in [0, 0.05) is 10.0 Å². The molecule has 2 atom stereocenters. The van der Waals surface area contributed by atoms with Gasteiger partial charge in [-0.05, 0) is 73.5 Å². The second-order valence-electron chi connectivity index (χ2n) is 8.93. The van der Waals surface area contributed by atoms with Gasteiger partial charge in [-0.3, -0.25) is 0 Å². The summed E-state index contributed by atoms with van der Waals surface area (Å²) in [6.07, 6.45) is 0. The van der Waals surface area contributed by atoms with Crippen LogP contribution in [0.2, 0.25) is 10.0 Å². The fourth-order valence-electron chi connectivity index (χ4n) is 3.90. The van der Waals surface area contributed by atoms with Crippen molar-refractivity contribution < 1.29 is 16.8 Å². The standard InChI is InChI=1S/C28H26Cl2N2O4S2/c1-19-3-15-25(16-4-19)37(33,34)31-27(21-7-11-23(29)12-8-21)28(22-9-13-24(30)14-10-22)32-38(35,36)26-17-5-20(2)6-18-26/h3-18,27-28,31-32H,1-2H3. The van der Waals surface area contributed by atoms with Crippen LogP contribution in [0.25, 0.3) is 0 Å². The van der Waals surface area contributed by atoms with Gasteiger partial charge in [0.15, 0.2) is 0 Å². The molecule has 6 nitrogen and oxygen atoms in total. The van der Waals surface area contributed by atoms with E-state index < -0.39 is 32.1 Å². The Kier molecular flexibility index (Phi) is 8.62. The molecule has 0 aliphatic carbocycles. The lowest BCUT2D eigenvalue weighted by molar-refractivity contribution is 0.466. The van der Waals surface area contributed by atoms with E-state index in [-0.39, 0.29) is 9.79 Å². The first-order chi connectivity index (χ1) is 17.9. The topological polar surface area (TPSA) is 92.3 Å². The monoisotopic (exact) mass is 588 g/mol. The van der Waals surface area contributed by atoms with Crippen LogP contribution in [-0.4, -0.2) is 16.8 Å². The molecule has 0 radical (unpaired) electrons. The van der Waals surface area contributed by atoms with Crippen molar-refractivity contribution in [2.45, 2.75) is 35.7 Å². The van der Waals surface area contributed by atoms with E-state index in [2.05, 4.69) is 9.44 Å². The van der Waals surface area contributed by atoms with Crippen LogP contribution in [0.3, 0.4) is 0 Å². The van der Waals surface area contributed by atoms with Gasteiger partial charge >= 0.3 is 0 Å². The number of aryl methyl sites for hydroxylation is 2. The van der Waals surface area contributed by atoms with E-state index in [4.69, 9.17) is 23.2 Å². The van der Waals surface area contributed by atoms with Crippen LogP contribution in [0.4, 0.5) is 0 Å². The van der Waals surface area contributed by atoms with Crippen molar-refractivity contribution in [1.29, 1.82) is 0 Å². The molecule has 4 aromatic carbocycles. The summed E-state index contributed by atoms with van der Waals surface area (Å²) in [6, 6.07) is 23.9. The van der Waals surface area contributed by atoms with Crippen molar-refractivity contribution in [3.63, 3.8) is 0 Å². The molecule has 0 spiro atoms. The van der Waals surface area contributed by atoms with Gasteiger partial charge in [-0.1, -0.05) is 82.9 Å². The summed E-state index contributed by atoms with van der Waals surface area (Å²) in [5, 5.41) is 0.911. The fraction of sp³-hybridized carbons (Fsp3) is 0.143. The average molecular weight is 590 g/mol. The van der Waals surface area contributed by atoms with Gasteiger partial charge in [0.05, 0.1) is 21.9 Å². The highest BCUT2D eigenvalue weighted by atomic mass is 35.5. The van der Waals surface area contributed by atoms with E-state index in [0.29, 0.717) is 21.2 Å². The zero-order chi connectivity index (χ0) is 27.5. The molecule has 2 unspecified atom stereocenters. The summed E-state index contributed by atoms with van der Waals surface area (Å²) in [5.41, 5.74) is 2.83. The van der Waals surface area contributed by atoms with Crippen LogP contribution in [-0.2, 0) is 20.0 Å². The SMILES string of the molecule is Cc1ccc(S(=O)(=O)NC(c2ccc(Cl)cc2)C(NS(=O)(=O)c2ccc(C)cc2)c2ccc(Cl)cc2)cc1. The first-order valence-electron chi connectivity index (χ1n) is 11.6. The summed E-state index contributed by atoms with van der Waals surface area (Å²) in [4.78, 5) is 0.108. The predicted molar refractivity (Wildman–Crippen MR) is 151 cm³/mol. The maximum atomic E-state index is 13.5. The molecule has 2 N–H and O–H groups in total. The molecule has 0 amide bonds. The molecule has 0 aromatic heterocycles. The summed E-state index contributed by atoms with van der Waals surface area (Å²) in [6.45, 7) is 3.72. The van der Waals surface area contributed by atoms with Crippen LogP contribution < -0.4 is 9.44 Å². The van der Waals surface area contributed by atoms with Crippen LogP contribution >= 0.6 is 23.2 Å². The highest BCUT2D eigenvalue weighted by Gasteiger charge is 2.33. The number of benzene rings is 4. The number of halogens is 2. The quantitative estimate of drug-likeness (QED) is 0.238. The molecule has 0 bridgehead atoms. The van der Waals surface area contributed by atoms with Gasteiger partial charge in [-0.2, -0.15) is 0 Å². The van der Waals surface area contributed by atoms with Gasteiger partial charge in [0.25, 0.3) is 0 Å². The van der Waals surface area contributed by atoms with Crippen molar-refractivity contribution in [3.05, 3.63) is 129 Å². The third kappa shape index (κ3) is 6.83. The number of nitrogens with one attached hydrogen (secondary N) is 2. The van der Waals surface area contributed by atoms with E-state index in [1.54, 1.807) is 72.8 Å². The molecule has 0 aliphatic rings. The van der Waals surface area contributed by atoms with Gasteiger partial charge in [-0.15, -0.1) is 0 Å². The second kappa shape index (κ2) is 11.6. The molecule has 4 rings (SSSR count). The van der Waals surface area contributed by atoms with Crippen LogP contribution in [0, 0.1) is 13.8 Å². The third-order valence-electron chi connectivity index (χ3n) is 6.02. The Hall–Kier alpha value is -2.72. The Bertz CT molecular complexity index is 1480. The zero-order valence-electron chi connectivity index (χ0n) is 20.6. The Labute approximate surface area is 233 Å². The van der Waals surface area contributed by atoms with Crippen molar-refractivity contribution in [2.24, 2.45) is 0 Å². The lowest BCUT2D eigenvalue weighted by Crippen LogP contribution is -2.40. The Morgan fingerprint density at radius 1 is 0.500 bits per heavy atom. The normalized spacial score (nSPS) is 13.7. The largest absolute Gasteiger partial charge is 0.241 e. The molecule has 0 fully saturated rings. The third-order valence-corrected chi connectivity index (χ3v) is 9.44. The van der Waals surface area contributed by atoms with Crippen LogP contribution in [0.15, 0.2) is 107 Å². The number of sulfonamides is 2. The van der Waals surface area contributed by atoms with Gasteiger partial charge in [-0.25, -0.2) is 26.3 Å². The Morgan fingerprint density at radius 2 is 0.789 bits per heavy atom. The van der Waals surface area contributed by atoms with E-state index in [1.165, 1.54) is 24.3 Å². The number of rotatable bonds is 9. The van der Waals surface area contributed by atoms with Gasteiger partial charge in [0.1, 0.15) is 0 Å². The maximum Gasteiger partial charge on any atom is 0.241 e. The number of hydrogen-bond donors (Lipinski definition) is 2. The Morgan fingerprint density at radius 3 is 1.08 bits per heavy atom. The van der Waals surface area contributed by atoms with E-state index in [9.17, 15) is 16.8 Å². The molecular formula is C28H26Cl2N2O4S2. The zero-order valence-corrected chi connectivity index (χ0v) is 23.7. The minimum Gasteiger partial charge on any atom is -0.207 e. The molecule has 198 valence electrons. The van der Waals surface area contributed by atoms with E-state index in [1.807, 2.05) is 13.8 Å². The molecule has 10 heteroatoms. The smallest absolute Gasteiger partial charge is 0.207 e. The van der Waals surface area contributed by atoms with Crippen molar-refractivity contribution >= 4 is 43.2 Å². The predicted octanol–water partition coefficient (Wildman–Crippen LogP) is 6.35. The van der Waals surface area contributed by atoms with Gasteiger partial charge in [0.2, 0.25) is 20.0 Å². The van der Waals surface area contributed by atoms with Crippen LogP contribution in [0.1, 0.15) is 34.3 Å². The highest BCUT2D eigenvalue weighted by Crippen LogP contribution is 2.33. The molecule has 38 heavy (non-hydrogen) atoms. The first kappa shape index (κ1) is 28.3. The molecular weight excluding hydrogens is 563 g/mol. The fourth-order valence-corrected chi connectivity index (χ4v) is 6.63. The van der Waals surface area contributed by atoms with Crippen molar-refractivity contribution in [1.82, 2.24) is 9.44 Å². The highest BCUT2D eigenvalue weighted by molar-refractivity contribution is 7.90. The summed E-state index contributed by atoms with van der Waals surface area (Å²) >= 11 is 12.2. The molecule has 0 saturated heterocycles. The van der Waals surface area contributed by atoms with E-state index in [0.717, 1.165) is 11.1 Å². The average Bonchev–Trinajstić information content (AvgIpc) is 2.88. The Balaban J connectivity index is 1.85.